The van der Waals surface area contributed by atoms with Crippen LogP contribution in [-0.2, 0) is 0 Å². The molecule has 0 aromatic carbocycles. The van der Waals surface area contributed by atoms with Crippen LogP contribution in [-0.4, -0.2) is 7.05 Å². The molecule has 2 rings (SSSR count). The van der Waals surface area contributed by atoms with Gasteiger partial charge in [0.25, 0.3) is 0 Å². The maximum Gasteiger partial charge on any atom is 0.0415 e. The fourth-order valence-corrected chi connectivity index (χ4v) is 4.29. The predicted molar refractivity (Wildman–Crippen MR) is 76.8 cm³/mol. The van der Waals surface area contributed by atoms with Crippen molar-refractivity contribution in [3.05, 3.63) is 21.4 Å². The van der Waals surface area contributed by atoms with Crippen LogP contribution in [0.4, 0.5) is 0 Å². The maximum absolute atomic E-state index is 3.51. The summed E-state index contributed by atoms with van der Waals surface area (Å²) in [6.07, 6.45) is 8.58. The third kappa shape index (κ3) is 3.32. The summed E-state index contributed by atoms with van der Waals surface area (Å²) in [6, 6.07) is 2.90. The summed E-state index contributed by atoms with van der Waals surface area (Å²) in [7, 11) is 2.10. The summed E-state index contributed by atoms with van der Waals surface area (Å²) >= 11 is 1.97. The molecule has 0 spiro atoms. The fourth-order valence-electron chi connectivity index (χ4n) is 3.11. The molecule has 1 nitrogen and oxygen atoms in total. The lowest BCUT2D eigenvalue weighted by atomic mass is 9.97. The van der Waals surface area contributed by atoms with Crippen LogP contribution in [0, 0.1) is 19.8 Å². The van der Waals surface area contributed by atoms with Gasteiger partial charge < -0.3 is 5.32 Å². The number of hydrogen-bond acceptors (Lipinski definition) is 2. The summed E-state index contributed by atoms with van der Waals surface area (Å²) in [4.78, 5) is 3.00. The first kappa shape index (κ1) is 13.1. The first-order valence-electron chi connectivity index (χ1n) is 6.95. The van der Waals surface area contributed by atoms with E-state index in [1.54, 1.807) is 4.88 Å². The van der Waals surface area contributed by atoms with E-state index in [-0.39, 0.29) is 0 Å². The Morgan fingerprint density at radius 3 is 2.59 bits per heavy atom. The van der Waals surface area contributed by atoms with Crippen LogP contribution in [0.25, 0.3) is 0 Å². The molecule has 0 bridgehead atoms. The van der Waals surface area contributed by atoms with Crippen LogP contribution in [0.3, 0.4) is 0 Å². The molecule has 96 valence electrons. The highest BCUT2D eigenvalue weighted by Gasteiger charge is 2.19. The van der Waals surface area contributed by atoms with Crippen LogP contribution >= 0.6 is 11.3 Å². The molecule has 1 N–H and O–H groups in total. The van der Waals surface area contributed by atoms with Gasteiger partial charge in [-0.2, -0.15) is 0 Å². The SMILES string of the molecule is CNC(CCC1CCCC1)c1sc(C)cc1C. The Morgan fingerprint density at radius 2 is 2.06 bits per heavy atom. The molecule has 1 fully saturated rings. The zero-order valence-corrected chi connectivity index (χ0v) is 12.2. The van der Waals surface area contributed by atoms with Crippen LogP contribution < -0.4 is 5.32 Å². The normalized spacial score (nSPS) is 18.8. The standard InChI is InChI=1S/C15H25NS/c1-11-10-12(2)17-15(11)14(16-3)9-8-13-6-4-5-7-13/h10,13-14,16H,4-9H2,1-3H3. The molecule has 1 saturated carbocycles. The lowest BCUT2D eigenvalue weighted by molar-refractivity contribution is 0.430. The maximum atomic E-state index is 3.51. The second-order valence-corrected chi connectivity index (χ2v) is 6.76. The highest BCUT2D eigenvalue weighted by atomic mass is 32.1. The average molecular weight is 251 g/mol. The van der Waals surface area contributed by atoms with E-state index in [1.165, 1.54) is 49.0 Å². The van der Waals surface area contributed by atoms with Gasteiger partial charge in [0.2, 0.25) is 0 Å². The molecule has 1 atom stereocenters. The number of rotatable bonds is 5. The van der Waals surface area contributed by atoms with Gasteiger partial charge in [0, 0.05) is 15.8 Å². The van der Waals surface area contributed by atoms with Gasteiger partial charge in [-0.05, 0) is 51.3 Å². The number of hydrogen-bond donors (Lipinski definition) is 1. The van der Waals surface area contributed by atoms with Crippen LogP contribution in [0.1, 0.15) is 59.9 Å². The van der Waals surface area contributed by atoms with E-state index < -0.39 is 0 Å². The number of nitrogens with one attached hydrogen (secondary N) is 1. The van der Waals surface area contributed by atoms with E-state index in [0.29, 0.717) is 6.04 Å². The van der Waals surface area contributed by atoms with Crippen molar-refractivity contribution >= 4 is 11.3 Å². The molecule has 1 heterocycles. The van der Waals surface area contributed by atoms with E-state index in [4.69, 9.17) is 0 Å². The first-order valence-corrected chi connectivity index (χ1v) is 7.76. The number of thiophene rings is 1. The van der Waals surface area contributed by atoms with E-state index in [9.17, 15) is 0 Å². The summed E-state index contributed by atoms with van der Waals surface area (Å²) < 4.78 is 0. The molecule has 1 unspecified atom stereocenters. The molecule has 0 aliphatic heterocycles. The van der Waals surface area contributed by atoms with Crippen molar-refractivity contribution in [2.24, 2.45) is 5.92 Å². The van der Waals surface area contributed by atoms with E-state index >= 15 is 0 Å². The van der Waals surface area contributed by atoms with Gasteiger partial charge in [-0.1, -0.05) is 25.7 Å². The summed E-state index contributed by atoms with van der Waals surface area (Å²) in [5, 5.41) is 3.51. The molecule has 0 radical (unpaired) electrons. The van der Waals surface area contributed by atoms with Crippen LogP contribution in [0.2, 0.25) is 0 Å². The van der Waals surface area contributed by atoms with Gasteiger partial charge in [0.1, 0.15) is 0 Å². The van der Waals surface area contributed by atoms with Crippen molar-refractivity contribution in [1.29, 1.82) is 0 Å². The monoisotopic (exact) mass is 251 g/mol. The molecular formula is C15H25NS. The lowest BCUT2D eigenvalue weighted by Gasteiger charge is -2.18. The Hall–Kier alpha value is -0.340. The molecule has 1 aromatic heterocycles. The minimum absolute atomic E-state index is 0.578. The quantitative estimate of drug-likeness (QED) is 0.806. The number of aryl methyl sites for hydroxylation is 2. The van der Waals surface area contributed by atoms with Gasteiger partial charge >= 0.3 is 0 Å². The molecule has 1 aliphatic carbocycles. The zero-order valence-electron chi connectivity index (χ0n) is 11.4. The minimum atomic E-state index is 0.578. The summed E-state index contributed by atoms with van der Waals surface area (Å²) in [5.74, 6) is 1.01. The van der Waals surface area contributed by atoms with Crippen molar-refractivity contribution < 1.29 is 0 Å². The van der Waals surface area contributed by atoms with Crippen molar-refractivity contribution in [3.63, 3.8) is 0 Å². The topological polar surface area (TPSA) is 12.0 Å². The van der Waals surface area contributed by atoms with Crippen molar-refractivity contribution in [2.75, 3.05) is 7.05 Å². The minimum Gasteiger partial charge on any atom is -0.312 e. The Labute approximate surface area is 110 Å². The van der Waals surface area contributed by atoms with Gasteiger partial charge in [0.15, 0.2) is 0 Å². The largest absolute Gasteiger partial charge is 0.312 e. The van der Waals surface area contributed by atoms with Crippen LogP contribution in [0.15, 0.2) is 6.07 Å². The van der Waals surface area contributed by atoms with E-state index in [2.05, 4.69) is 32.3 Å². The molecule has 1 aliphatic rings. The van der Waals surface area contributed by atoms with Crippen molar-refractivity contribution in [1.82, 2.24) is 5.32 Å². The van der Waals surface area contributed by atoms with Gasteiger partial charge in [-0.15, -0.1) is 11.3 Å². The molecule has 0 amide bonds. The summed E-state index contributed by atoms with van der Waals surface area (Å²) in [5.41, 5.74) is 1.47. The van der Waals surface area contributed by atoms with Gasteiger partial charge in [0.05, 0.1) is 0 Å². The van der Waals surface area contributed by atoms with Crippen LogP contribution in [0.5, 0.6) is 0 Å². The fraction of sp³-hybridized carbons (Fsp3) is 0.733. The molecule has 2 heteroatoms. The Kier molecular flexibility index (Phi) is 4.63. The van der Waals surface area contributed by atoms with Gasteiger partial charge in [-0.25, -0.2) is 0 Å². The lowest BCUT2D eigenvalue weighted by Crippen LogP contribution is -2.16. The van der Waals surface area contributed by atoms with Crippen molar-refractivity contribution in [2.45, 2.75) is 58.4 Å². The molecule has 1 aromatic rings. The highest BCUT2D eigenvalue weighted by molar-refractivity contribution is 7.12. The third-order valence-corrected chi connectivity index (χ3v) is 5.35. The Bertz CT molecular complexity index is 350. The second-order valence-electron chi connectivity index (χ2n) is 5.47. The molecular weight excluding hydrogens is 226 g/mol. The van der Waals surface area contributed by atoms with Gasteiger partial charge in [-0.3, -0.25) is 0 Å². The Balaban J connectivity index is 1.93. The Morgan fingerprint density at radius 1 is 1.35 bits per heavy atom. The average Bonchev–Trinajstić information content (AvgIpc) is 2.90. The summed E-state index contributed by atoms with van der Waals surface area (Å²) in [6.45, 7) is 4.46. The molecule has 17 heavy (non-hydrogen) atoms. The smallest absolute Gasteiger partial charge is 0.0415 e. The van der Waals surface area contributed by atoms with Crippen molar-refractivity contribution in [3.8, 4) is 0 Å². The highest BCUT2D eigenvalue weighted by Crippen LogP contribution is 2.34. The van der Waals surface area contributed by atoms with E-state index in [1.807, 2.05) is 11.3 Å². The van der Waals surface area contributed by atoms with E-state index in [0.717, 1.165) is 5.92 Å². The predicted octanol–water partition coefficient (Wildman–Crippen LogP) is 4.60. The first-order chi connectivity index (χ1) is 8.20. The third-order valence-electron chi connectivity index (χ3n) is 4.08. The molecule has 0 saturated heterocycles. The second kappa shape index (κ2) is 6.01. The zero-order chi connectivity index (χ0) is 12.3.